The number of carbonyl (C=O) groups excluding carboxylic acids is 2. The number of hydrogen-bond acceptors (Lipinski definition) is 7. The summed E-state index contributed by atoms with van der Waals surface area (Å²) in [7, 11) is 0. The van der Waals surface area contributed by atoms with Crippen LogP contribution in [0.5, 0.6) is 11.5 Å². The van der Waals surface area contributed by atoms with Crippen LogP contribution in [0.2, 0.25) is 5.02 Å². The molecule has 3 heterocycles. The molecule has 2 aromatic heterocycles. The number of halogens is 1. The fourth-order valence-corrected chi connectivity index (χ4v) is 4.84. The summed E-state index contributed by atoms with van der Waals surface area (Å²) in [6.07, 6.45) is 5.65. The number of aliphatic hydroxyl groups excluding tert-OH is 1. The topological polar surface area (TPSA) is 120 Å². The Morgan fingerprint density at radius 3 is 2.71 bits per heavy atom. The van der Waals surface area contributed by atoms with Crippen molar-refractivity contribution in [3.8, 4) is 11.5 Å². The van der Waals surface area contributed by atoms with Crippen molar-refractivity contribution >= 4 is 40.1 Å². The number of anilines is 1. The predicted octanol–water partition coefficient (Wildman–Crippen LogP) is 5.16. The number of aliphatic hydroxyl groups is 1. The van der Waals surface area contributed by atoms with Gasteiger partial charge >= 0.3 is 0 Å². The first kappa shape index (κ1) is 25.7. The van der Waals surface area contributed by atoms with Crippen molar-refractivity contribution in [1.29, 1.82) is 0 Å². The van der Waals surface area contributed by atoms with E-state index in [9.17, 15) is 14.7 Å². The number of nitrogens with zero attached hydrogens (tertiary/aromatic N) is 3. The van der Waals surface area contributed by atoms with Gasteiger partial charge in [0.2, 0.25) is 5.91 Å². The fraction of sp³-hybridized carbons (Fsp3) is 0.286. The zero-order chi connectivity index (χ0) is 26.5. The summed E-state index contributed by atoms with van der Waals surface area (Å²) < 4.78 is 5.82. The molecule has 0 radical (unpaired) electrons. The van der Waals surface area contributed by atoms with Crippen LogP contribution in [0.4, 0.5) is 5.82 Å². The van der Waals surface area contributed by atoms with Crippen molar-refractivity contribution in [2.75, 3.05) is 18.4 Å². The van der Waals surface area contributed by atoms with E-state index in [4.69, 9.17) is 16.3 Å². The molecular formula is C28H28ClN5O4. The summed E-state index contributed by atoms with van der Waals surface area (Å²) in [6.45, 7) is 1.18. The van der Waals surface area contributed by atoms with Crippen LogP contribution in [0.3, 0.4) is 0 Å². The normalized spacial score (nSPS) is 15.1. The van der Waals surface area contributed by atoms with Crippen LogP contribution in [-0.4, -0.2) is 56.0 Å². The number of para-hydroxylation sites is 1. The molecule has 1 atom stereocenters. The monoisotopic (exact) mass is 533 g/mol. The molecule has 1 aliphatic heterocycles. The number of amides is 1. The van der Waals surface area contributed by atoms with Gasteiger partial charge in [-0.1, -0.05) is 29.8 Å². The van der Waals surface area contributed by atoms with Gasteiger partial charge < -0.3 is 25.0 Å². The van der Waals surface area contributed by atoms with Crippen molar-refractivity contribution in [2.24, 2.45) is 0 Å². The van der Waals surface area contributed by atoms with Crippen molar-refractivity contribution < 1.29 is 19.4 Å². The second-order valence-electron chi connectivity index (χ2n) is 9.13. The lowest BCUT2D eigenvalue weighted by Gasteiger charge is -2.20. The van der Waals surface area contributed by atoms with E-state index >= 15 is 0 Å². The van der Waals surface area contributed by atoms with Crippen molar-refractivity contribution in [3.63, 3.8) is 0 Å². The van der Waals surface area contributed by atoms with Gasteiger partial charge in [0.1, 0.15) is 35.5 Å². The first-order chi connectivity index (χ1) is 18.5. The largest absolute Gasteiger partial charge is 0.457 e. The van der Waals surface area contributed by atoms with E-state index in [0.717, 1.165) is 12.8 Å². The molecule has 38 heavy (non-hydrogen) atoms. The average Bonchev–Trinajstić information content (AvgIpc) is 3.55. The van der Waals surface area contributed by atoms with Crippen LogP contribution in [-0.2, 0) is 4.79 Å². The minimum atomic E-state index is -0.652. The number of benzene rings is 2. The molecule has 10 heteroatoms. The zero-order valence-corrected chi connectivity index (χ0v) is 21.4. The third-order valence-electron chi connectivity index (χ3n) is 6.53. The molecule has 1 aliphatic rings. The molecule has 5 rings (SSSR count). The van der Waals surface area contributed by atoms with E-state index < -0.39 is 6.23 Å². The second kappa shape index (κ2) is 11.6. The Hall–Kier alpha value is -3.95. The number of likely N-dealkylation sites (tertiary alicyclic amines) is 1. The van der Waals surface area contributed by atoms with Gasteiger partial charge in [-0.05, 0) is 49.9 Å². The van der Waals surface area contributed by atoms with E-state index in [1.54, 1.807) is 29.3 Å². The van der Waals surface area contributed by atoms with E-state index in [1.165, 1.54) is 6.33 Å². The highest BCUT2D eigenvalue weighted by molar-refractivity contribution is 6.35. The molecule has 1 fully saturated rings. The molecule has 196 valence electrons. The molecule has 9 nitrogen and oxygen atoms in total. The number of hydrogen-bond donors (Lipinski definition) is 3. The Morgan fingerprint density at radius 2 is 1.95 bits per heavy atom. The minimum Gasteiger partial charge on any atom is -0.457 e. The molecule has 0 bridgehead atoms. The number of ketones is 1. The maximum Gasteiger partial charge on any atom is 0.224 e. The quantitative estimate of drug-likeness (QED) is 0.190. The number of aromatic nitrogens is 3. The van der Waals surface area contributed by atoms with Gasteiger partial charge in [-0.3, -0.25) is 9.59 Å². The van der Waals surface area contributed by atoms with Gasteiger partial charge in [0.15, 0.2) is 5.78 Å². The number of aromatic amines is 1. The van der Waals surface area contributed by atoms with E-state index in [-0.39, 0.29) is 16.7 Å². The highest BCUT2D eigenvalue weighted by atomic mass is 35.5. The van der Waals surface area contributed by atoms with Crippen LogP contribution >= 0.6 is 11.6 Å². The SMILES string of the molecule is O=C(c1ccc(Oc2ccccc2)cc1Cl)c1c[nH]c2ncnc(NCCCCC(=O)N3CCCC3O)c12. The van der Waals surface area contributed by atoms with Gasteiger partial charge in [-0.15, -0.1) is 0 Å². The number of fused-ring (bicyclic) bond motifs is 1. The number of unbranched alkanes of at least 4 members (excludes halogenated alkanes) is 1. The molecule has 1 amide bonds. The van der Waals surface area contributed by atoms with Crippen molar-refractivity contribution in [2.45, 2.75) is 38.3 Å². The standard InChI is InChI=1S/C28H28ClN5O4/c29-22-15-19(38-18-7-2-1-3-8-18)11-12-20(22)26(37)21-16-31-28-25(21)27(32-17-33-28)30-13-5-4-9-23(35)34-14-6-10-24(34)36/h1-3,7-8,11-12,15-17,24,36H,4-6,9-10,13-14H2,(H2,30,31,32,33). The number of nitrogens with one attached hydrogen (secondary N) is 2. The van der Waals surface area contributed by atoms with Crippen molar-refractivity contribution in [3.05, 3.63) is 77.2 Å². The molecule has 1 unspecified atom stereocenters. The summed E-state index contributed by atoms with van der Waals surface area (Å²) in [5.74, 6) is 1.45. The van der Waals surface area contributed by atoms with Gasteiger partial charge in [-0.25, -0.2) is 9.97 Å². The first-order valence-corrected chi connectivity index (χ1v) is 13.0. The van der Waals surface area contributed by atoms with Crippen LogP contribution in [0.15, 0.2) is 61.1 Å². The molecule has 1 saturated heterocycles. The highest BCUT2D eigenvalue weighted by Gasteiger charge is 2.26. The lowest BCUT2D eigenvalue weighted by Crippen LogP contribution is -2.35. The maximum atomic E-state index is 13.5. The second-order valence-corrected chi connectivity index (χ2v) is 9.54. The van der Waals surface area contributed by atoms with Gasteiger partial charge in [0, 0.05) is 37.3 Å². The Kier molecular flexibility index (Phi) is 7.86. The van der Waals surface area contributed by atoms with E-state index in [2.05, 4.69) is 20.3 Å². The number of H-pyrrole nitrogens is 1. The lowest BCUT2D eigenvalue weighted by molar-refractivity contribution is -0.138. The maximum absolute atomic E-state index is 13.5. The zero-order valence-electron chi connectivity index (χ0n) is 20.7. The summed E-state index contributed by atoms with van der Waals surface area (Å²) in [5, 5.41) is 14.0. The minimum absolute atomic E-state index is 0.0185. The summed E-state index contributed by atoms with van der Waals surface area (Å²) in [4.78, 5) is 39.0. The Bertz CT molecular complexity index is 1440. The highest BCUT2D eigenvalue weighted by Crippen LogP contribution is 2.31. The van der Waals surface area contributed by atoms with Gasteiger partial charge in [0.25, 0.3) is 0 Å². The van der Waals surface area contributed by atoms with E-state index in [1.807, 2.05) is 30.3 Å². The van der Waals surface area contributed by atoms with Crippen molar-refractivity contribution in [1.82, 2.24) is 19.9 Å². The molecule has 0 spiro atoms. The van der Waals surface area contributed by atoms with Crippen LogP contribution in [0.1, 0.15) is 48.0 Å². The predicted molar refractivity (Wildman–Crippen MR) is 145 cm³/mol. The Morgan fingerprint density at radius 1 is 1.11 bits per heavy atom. The number of carbonyl (C=O) groups is 2. The lowest BCUT2D eigenvalue weighted by atomic mass is 10.0. The van der Waals surface area contributed by atoms with Crippen LogP contribution in [0, 0.1) is 0 Å². The average molecular weight is 534 g/mol. The molecule has 0 saturated carbocycles. The summed E-state index contributed by atoms with van der Waals surface area (Å²) in [5.41, 5.74) is 1.27. The number of rotatable bonds is 10. The smallest absolute Gasteiger partial charge is 0.224 e. The van der Waals surface area contributed by atoms with Crippen LogP contribution in [0.25, 0.3) is 11.0 Å². The van der Waals surface area contributed by atoms with Gasteiger partial charge in [0.05, 0.1) is 16.0 Å². The molecular weight excluding hydrogens is 506 g/mol. The molecule has 2 aromatic carbocycles. The third-order valence-corrected chi connectivity index (χ3v) is 6.84. The fourth-order valence-electron chi connectivity index (χ4n) is 4.58. The number of ether oxygens (including phenoxy) is 1. The third kappa shape index (κ3) is 5.64. The molecule has 3 N–H and O–H groups in total. The summed E-state index contributed by atoms with van der Waals surface area (Å²) >= 11 is 6.49. The first-order valence-electron chi connectivity index (χ1n) is 12.6. The molecule has 4 aromatic rings. The van der Waals surface area contributed by atoms with Gasteiger partial charge in [-0.2, -0.15) is 0 Å². The Labute approximate surface area is 224 Å². The molecule has 0 aliphatic carbocycles. The van der Waals surface area contributed by atoms with Crippen LogP contribution < -0.4 is 10.1 Å². The Balaban J connectivity index is 1.25. The summed E-state index contributed by atoms with van der Waals surface area (Å²) in [6, 6.07) is 14.3. The van der Waals surface area contributed by atoms with E-state index in [0.29, 0.717) is 71.8 Å².